The summed E-state index contributed by atoms with van der Waals surface area (Å²) >= 11 is 0. The van der Waals surface area contributed by atoms with Crippen molar-refractivity contribution in [3.8, 4) is 11.1 Å². The number of hydrogen-bond acceptors (Lipinski definition) is 4. The van der Waals surface area contributed by atoms with Crippen LogP contribution in [0.15, 0.2) is 182 Å². The van der Waals surface area contributed by atoms with E-state index in [0.29, 0.717) is 11.1 Å². The summed E-state index contributed by atoms with van der Waals surface area (Å²) in [5, 5.41) is 10.6. The summed E-state index contributed by atoms with van der Waals surface area (Å²) in [6.07, 6.45) is 0. The molecule has 8 aromatic rings. The van der Waals surface area contributed by atoms with Crippen molar-refractivity contribution in [2.24, 2.45) is 0 Å². The summed E-state index contributed by atoms with van der Waals surface area (Å²) < 4.78 is 10.7. The number of hydrogen-bond donors (Lipinski definition) is 0. The van der Waals surface area contributed by atoms with Crippen LogP contribution in [0.3, 0.4) is 0 Å². The lowest BCUT2D eigenvalue weighted by Gasteiger charge is -2.29. The van der Waals surface area contributed by atoms with Gasteiger partial charge in [0, 0.05) is 0 Å². The molecule has 0 aliphatic carbocycles. The van der Waals surface area contributed by atoms with Gasteiger partial charge in [0.1, 0.15) is 0 Å². The quantitative estimate of drug-likeness (QED) is 0.110. The van der Waals surface area contributed by atoms with E-state index in [9.17, 15) is 9.59 Å². The maximum absolute atomic E-state index is 13.4. The number of esters is 2. The van der Waals surface area contributed by atoms with Crippen molar-refractivity contribution in [1.82, 2.24) is 0 Å². The van der Waals surface area contributed by atoms with E-state index in [0.717, 1.165) is 43.3 Å². The Labute approximate surface area is 317 Å². The molecule has 0 aliphatic heterocycles. The highest BCUT2D eigenvalue weighted by atomic mass is 31.1. The Balaban J connectivity index is 1.59. The molecule has 54 heavy (non-hydrogen) atoms. The van der Waals surface area contributed by atoms with Gasteiger partial charge in [-0.05, 0) is 92.5 Å². The largest absolute Gasteiger partial charge is 0.465 e. The highest BCUT2D eigenvalue weighted by molar-refractivity contribution is 7.80. The van der Waals surface area contributed by atoms with E-state index in [-0.39, 0.29) is 0 Å². The predicted molar refractivity (Wildman–Crippen MR) is 227 cm³/mol. The highest BCUT2D eigenvalue weighted by Crippen LogP contribution is 2.46. The third-order valence-corrected chi connectivity index (χ3v) is 14.6. The molecule has 8 aromatic carbocycles. The van der Waals surface area contributed by atoms with E-state index >= 15 is 0 Å². The first-order chi connectivity index (χ1) is 26.6. The van der Waals surface area contributed by atoms with Crippen molar-refractivity contribution < 1.29 is 19.1 Å². The molecule has 0 bridgehead atoms. The number of ether oxygens (including phenoxy) is 2. The van der Waals surface area contributed by atoms with Crippen molar-refractivity contribution in [3.05, 3.63) is 193 Å². The monoisotopic (exact) mass is 738 g/mol. The topological polar surface area (TPSA) is 52.6 Å². The third kappa shape index (κ3) is 6.49. The summed E-state index contributed by atoms with van der Waals surface area (Å²) in [6, 6.07) is 63.0. The SMILES string of the molecule is COC(=O)c1cccc2c(-c3c(P(c4ccccc4)c4ccccc4)ccc4c(C(=O)OC)cccc34)c(P(c3ccccc3)c3ccccc3)ccc12. The summed E-state index contributed by atoms with van der Waals surface area (Å²) in [5.41, 5.74) is 3.05. The average molecular weight is 739 g/mol. The standard InChI is InChI=1S/C48H36O4P2/c1-51-47(49)41-27-15-25-39-37(41)29-31-43(53(33-17-7-3-8-18-33)34-19-9-4-10-20-34)45(39)46-40-26-16-28-42(48(50)52-2)38(40)30-32-44(46)54(35-21-11-5-12-22-35)36-23-13-6-14-24-36/h3-32H,1-2H3. The van der Waals surface area contributed by atoms with Crippen molar-refractivity contribution in [2.75, 3.05) is 14.2 Å². The third-order valence-electron chi connectivity index (χ3n) is 9.68. The second-order valence-electron chi connectivity index (χ2n) is 12.7. The van der Waals surface area contributed by atoms with E-state index in [1.165, 1.54) is 35.4 Å². The lowest BCUT2D eigenvalue weighted by Crippen LogP contribution is -2.26. The first kappa shape index (κ1) is 35.1. The molecule has 0 saturated carbocycles. The van der Waals surface area contributed by atoms with Crippen molar-refractivity contribution in [3.63, 3.8) is 0 Å². The minimum absolute atomic E-state index is 0.394. The molecule has 0 radical (unpaired) electrons. The molecule has 0 aliphatic rings. The molecule has 0 amide bonds. The minimum Gasteiger partial charge on any atom is -0.465 e. The van der Waals surface area contributed by atoms with Crippen LogP contribution in [0.4, 0.5) is 0 Å². The molecular weight excluding hydrogens is 702 g/mol. The fraction of sp³-hybridized carbons (Fsp3) is 0.0417. The van der Waals surface area contributed by atoms with Gasteiger partial charge < -0.3 is 9.47 Å². The average Bonchev–Trinajstić information content (AvgIpc) is 3.24. The summed E-state index contributed by atoms with van der Waals surface area (Å²) in [6.45, 7) is 0. The number of carbonyl (C=O) groups excluding carboxylic acids is 2. The minimum atomic E-state index is -1.11. The molecular formula is C48H36O4P2. The summed E-state index contributed by atoms with van der Waals surface area (Å²) in [5.74, 6) is -0.788. The van der Waals surface area contributed by atoms with Crippen LogP contribution in [0.5, 0.6) is 0 Å². The lowest BCUT2D eigenvalue weighted by molar-refractivity contribution is 0.0594. The zero-order valence-corrected chi connectivity index (χ0v) is 31.6. The molecule has 0 unspecified atom stereocenters. The first-order valence-electron chi connectivity index (χ1n) is 17.7. The van der Waals surface area contributed by atoms with Gasteiger partial charge in [0.2, 0.25) is 0 Å². The maximum atomic E-state index is 13.4. The van der Waals surface area contributed by atoms with Crippen molar-refractivity contribution in [2.45, 2.75) is 0 Å². The Morgan fingerprint density at radius 3 is 0.963 bits per heavy atom. The van der Waals surface area contributed by atoms with Crippen molar-refractivity contribution >= 4 is 81.2 Å². The van der Waals surface area contributed by atoms with Gasteiger partial charge in [-0.25, -0.2) is 9.59 Å². The van der Waals surface area contributed by atoms with Crippen LogP contribution >= 0.6 is 15.8 Å². The van der Waals surface area contributed by atoms with Crippen LogP contribution in [0.1, 0.15) is 20.7 Å². The first-order valence-corrected chi connectivity index (χ1v) is 20.4. The zero-order valence-electron chi connectivity index (χ0n) is 29.8. The fourth-order valence-corrected chi connectivity index (χ4v) is 12.3. The van der Waals surface area contributed by atoms with Gasteiger partial charge in [0.25, 0.3) is 0 Å². The number of rotatable bonds is 9. The molecule has 6 heteroatoms. The molecule has 0 aromatic heterocycles. The summed E-state index contributed by atoms with van der Waals surface area (Å²) in [4.78, 5) is 26.8. The second kappa shape index (κ2) is 15.6. The fourth-order valence-electron chi connectivity index (χ4n) is 7.33. The zero-order chi connectivity index (χ0) is 37.0. The Hall–Kier alpha value is -5.92. The van der Waals surface area contributed by atoms with Crippen LogP contribution in [0.25, 0.3) is 32.7 Å². The number of methoxy groups -OCH3 is 2. The molecule has 0 N–H and O–H groups in total. The van der Waals surface area contributed by atoms with Gasteiger partial charge in [-0.2, -0.15) is 0 Å². The smallest absolute Gasteiger partial charge is 0.338 e. The van der Waals surface area contributed by atoms with Crippen LogP contribution in [0, 0.1) is 0 Å². The van der Waals surface area contributed by atoms with Crippen LogP contribution in [-0.2, 0) is 9.47 Å². The Bertz CT molecular complexity index is 2350. The summed E-state index contributed by atoms with van der Waals surface area (Å²) in [7, 11) is 0.619. The Morgan fingerprint density at radius 2 is 0.667 bits per heavy atom. The molecule has 0 atom stereocenters. The molecule has 262 valence electrons. The van der Waals surface area contributed by atoms with Crippen LogP contribution in [-0.4, -0.2) is 26.2 Å². The highest BCUT2D eigenvalue weighted by Gasteiger charge is 2.29. The van der Waals surface area contributed by atoms with E-state index in [1.54, 1.807) is 0 Å². The van der Waals surface area contributed by atoms with Gasteiger partial charge in [-0.1, -0.05) is 170 Å². The van der Waals surface area contributed by atoms with Crippen molar-refractivity contribution in [1.29, 1.82) is 0 Å². The van der Waals surface area contributed by atoms with Crippen LogP contribution in [0.2, 0.25) is 0 Å². The molecule has 0 fully saturated rings. The molecule has 0 spiro atoms. The van der Waals surface area contributed by atoms with Gasteiger partial charge in [0.05, 0.1) is 25.3 Å². The van der Waals surface area contributed by atoms with Gasteiger partial charge in [0.15, 0.2) is 0 Å². The molecule has 0 saturated heterocycles. The van der Waals surface area contributed by atoms with Gasteiger partial charge >= 0.3 is 11.9 Å². The maximum Gasteiger partial charge on any atom is 0.338 e. The normalized spacial score (nSPS) is 11.3. The Morgan fingerprint density at radius 1 is 0.352 bits per heavy atom. The number of fused-ring (bicyclic) bond motifs is 2. The lowest BCUT2D eigenvalue weighted by atomic mass is 9.91. The number of carbonyl (C=O) groups is 2. The van der Waals surface area contributed by atoms with E-state index in [4.69, 9.17) is 9.47 Å². The van der Waals surface area contributed by atoms with Gasteiger partial charge in [-0.3, -0.25) is 0 Å². The van der Waals surface area contributed by atoms with Crippen LogP contribution < -0.4 is 31.8 Å². The molecule has 4 nitrogen and oxygen atoms in total. The predicted octanol–water partition coefficient (Wildman–Crippen LogP) is 8.75. The van der Waals surface area contributed by atoms with E-state index in [2.05, 4.69) is 158 Å². The molecule has 0 heterocycles. The van der Waals surface area contributed by atoms with E-state index in [1.807, 2.05) is 24.3 Å². The van der Waals surface area contributed by atoms with E-state index < -0.39 is 27.8 Å². The van der Waals surface area contributed by atoms with Gasteiger partial charge in [-0.15, -0.1) is 0 Å². The molecule has 8 rings (SSSR count). The Kier molecular flexibility index (Phi) is 10.1. The number of benzene rings is 8. The second-order valence-corrected chi connectivity index (χ2v) is 17.1.